The molecule has 3 heteroatoms. The lowest BCUT2D eigenvalue weighted by molar-refractivity contribution is -0.00614. The van der Waals surface area contributed by atoms with Crippen LogP contribution in [-0.4, -0.2) is 41.3 Å². The van der Waals surface area contributed by atoms with Crippen molar-refractivity contribution in [2.45, 2.75) is 76.9 Å². The van der Waals surface area contributed by atoms with Gasteiger partial charge in [-0.15, -0.1) is 0 Å². The smallest absolute Gasteiger partial charge is 0.0602 e. The van der Waals surface area contributed by atoms with E-state index in [-0.39, 0.29) is 18.7 Å². The van der Waals surface area contributed by atoms with Crippen molar-refractivity contribution in [3.05, 3.63) is 0 Å². The van der Waals surface area contributed by atoms with Gasteiger partial charge in [0, 0.05) is 18.1 Å². The van der Waals surface area contributed by atoms with Crippen LogP contribution in [0.3, 0.4) is 0 Å². The lowest BCUT2D eigenvalue weighted by Crippen LogP contribution is -2.58. The number of rotatable bonds is 5. The summed E-state index contributed by atoms with van der Waals surface area (Å²) in [6.45, 7) is 5.79. The van der Waals surface area contributed by atoms with Gasteiger partial charge in [0.1, 0.15) is 0 Å². The fourth-order valence-electron chi connectivity index (χ4n) is 4.26. The average molecular weight is 268 g/mol. The molecule has 1 saturated carbocycles. The molecule has 3 nitrogen and oxygen atoms in total. The first-order chi connectivity index (χ1) is 9.13. The van der Waals surface area contributed by atoms with Gasteiger partial charge in [-0.3, -0.25) is 4.90 Å². The quantitative estimate of drug-likeness (QED) is 0.805. The zero-order valence-electron chi connectivity index (χ0n) is 12.7. The molecule has 0 aromatic heterocycles. The Morgan fingerprint density at radius 3 is 2.53 bits per heavy atom. The Kier molecular flexibility index (Phi) is 5.67. The summed E-state index contributed by atoms with van der Waals surface area (Å²) in [6, 6.07) is 0.983. The number of aliphatic hydroxyl groups excluding tert-OH is 1. The minimum Gasteiger partial charge on any atom is -0.395 e. The summed E-state index contributed by atoms with van der Waals surface area (Å²) in [7, 11) is 0. The molecule has 0 aromatic carbocycles. The van der Waals surface area contributed by atoms with Crippen molar-refractivity contribution in [3.63, 3.8) is 0 Å². The normalized spacial score (nSPS) is 32.1. The highest BCUT2D eigenvalue weighted by atomic mass is 16.3. The summed E-state index contributed by atoms with van der Waals surface area (Å²) in [5.74, 6) is 1.47. The SMILES string of the molecule is CC(C)CC(N)C(CO)N1CCCC2CCCCC21. The molecule has 1 aliphatic carbocycles. The predicted molar refractivity (Wildman–Crippen MR) is 80.0 cm³/mol. The maximum absolute atomic E-state index is 9.83. The Balaban J connectivity index is 2.03. The van der Waals surface area contributed by atoms with Crippen molar-refractivity contribution in [2.75, 3.05) is 13.2 Å². The maximum atomic E-state index is 9.83. The van der Waals surface area contributed by atoms with Crippen molar-refractivity contribution in [1.29, 1.82) is 0 Å². The molecule has 3 N–H and O–H groups in total. The van der Waals surface area contributed by atoms with Gasteiger partial charge in [0.25, 0.3) is 0 Å². The minimum atomic E-state index is 0.116. The van der Waals surface area contributed by atoms with Crippen LogP contribution in [0.1, 0.15) is 58.8 Å². The van der Waals surface area contributed by atoms with E-state index < -0.39 is 0 Å². The molecule has 0 spiro atoms. The van der Waals surface area contributed by atoms with Crippen molar-refractivity contribution < 1.29 is 5.11 Å². The Hall–Kier alpha value is -0.120. The summed E-state index contributed by atoms with van der Waals surface area (Å²) >= 11 is 0. The zero-order chi connectivity index (χ0) is 13.8. The summed E-state index contributed by atoms with van der Waals surface area (Å²) in [5, 5.41) is 9.83. The van der Waals surface area contributed by atoms with Crippen molar-refractivity contribution >= 4 is 0 Å². The molecule has 112 valence electrons. The maximum Gasteiger partial charge on any atom is 0.0602 e. The summed E-state index contributed by atoms with van der Waals surface area (Å²) in [5.41, 5.74) is 6.38. The largest absolute Gasteiger partial charge is 0.395 e. The van der Waals surface area contributed by atoms with E-state index in [0.29, 0.717) is 12.0 Å². The second-order valence-corrected chi connectivity index (χ2v) is 7.04. The van der Waals surface area contributed by atoms with E-state index in [1.54, 1.807) is 0 Å². The number of likely N-dealkylation sites (tertiary alicyclic amines) is 1. The van der Waals surface area contributed by atoms with Crippen LogP contribution in [-0.2, 0) is 0 Å². The van der Waals surface area contributed by atoms with Crippen LogP contribution in [0, 0.1) is 11.8 Å². The molecule has 2 rings (SSSR count). The number of fused-ring (bicyclic) bond motifs is 1. The Bertz CT molecular complexity index is 267. The van der Waals surface area contributed by atoms with Crippen molar-refractivity contribution in [1.82, 2.24) is 4.90 Å². The molecule has 0 amide bonds. The van der Waals surface area contributed by atoms with Crippen LogP contribution in [0.5, 0.6) is 0 Å². The van der Waals surface area contributed by atoms with Gasteiger partial charge in [0.05, 0.1) is 6.61 Å². The summed E-state index contributed by atoms with van der Waals surface area (Å²) in [6.07, 6.45) is 9.14. The molecule has 0 bridgehead atoms. The molecule has 1 saturated heterocycles. The molecule has 0 radical (unpaired) electrons. The van der Waals surface area contributed by atoms with E-state index in [4.69, 9.17) is 5.73 Å². The van der Waals surface area contributed by atoms with Crippen LogP contribution < -0.4 is 5.73 Å². The van der Waals surface area contributed by atoms with E-state index in [2.05, 4.69) is 18.7 Å². The van der Waals surface area contributed by atoms with Crippen molar-refractivity contribution in [2.24, 2.45) is 17.6 Å². The first kappa shape index (κ1) is 15.3. The predicted octanol–water partition coefficient (Wildman–Crippen LogP) is 2.38. The minimum absolute atomic E-state index is 0.116. The zero-order valence-corrected chi connectivity index (χ0v) is 12.7. The molecule has 4 atom stereocenters. The summed E-state index contributed by atoms with van der Waals surface area (Å²) < 4.78 is 0. The molecule has 1 aliphatic heterocycles. The van der Waals surface area contributed by atoms with Crippen LogP contribution >= 0.6 is 0 Å². The van der Waals surface area contributed by atoms with Crippen LogP contribution in [0.4, 0.5) is 0 Å². The number of piperidine rings is 1. The van der Waals surface area contributed by atoms with Crippen LogP contribution in [0.25, 0.3) is 0 Å². The fourth-order valence-corrected chi connectivity index (χ4v) is 4.26. The number of aliphatic hydroxyl groups is 1. The molecule has 2 fully saturated rings. The van der Waals surface area contributed by atoms with Gasteiger partial charge in [-0.2, -0.15) is 0 Å². The number of hydrogen-bond donors (Lipinski definition) is 2. The molecular formula is C16H32N2O. The van der Waals surface area contributed by atoms with Gasteiger partial charge in [0.15, 0.2) is 0 Å². The van der Waals surface area contributed by atoms with Gasteiger partial charge >= 0.3 is 0 Å². The highest BCUT2D eigenvalue weighted by molar-refractivity contribution is 4.93. The first-order valence-electron chi connectivity index (χ1n) is 8.25. The van der Waals surface area contributed by atoms with Crippen LogP contribution in [0.15, 0.2) is 0 Å². The van der Waals surface area contributed by atoms with E-state index >= 15 is 0 Å². The molecule has 0 aromatic rings. The highest BCUT2D eigenvalue weighted by Gasteiger charge is 2.38. The van der Waals surface area contributed by atoms with Gasteiger partial charge < -0.3 is 10.8 Å². The van der Waals surface area contributed by atoms with E-state index in [0.717, 1.165) is 18.9 Å². The third-order valence-electron chi connectivity index (χ3n) is 5.14. The molecule has 19 heavy (non-hydrogen) atoms. The van der Waals surface area contributed by atoms with Gasteiger partial charge in [-0.25, -0.2) is 0 Å². The number of nitrogens with two attached hydrogens (primary N) is 1. The molecule has 1 heterocycles. The van der Waals surface area contributed by atoms with E-state index in [1.807, 2.05) is 0 Å². The molecular weight excluding hydrogens is 236 g/mol. The van der Waals surface area contributed by atoms with Gasteiger partial charge in [0.2, 0.25) is 0 Å². The summed E-state index contributed by atoms with van der Waals surface area (Å²) in [4.78, 5) is 2.57. The van der Waals surface area contributed by atoms with E-state index in [1.165, 1.54) is 38.5 Å². The fraction of sp³-hybridized carbons (Fsp3) is 1.00. The third kappa shape index (κ3) is 3.71. The monoisotopic (exact) mass is 268 g/mol. The highest BCUT2D eigenvalue weighted by Crippen LogP contribution is 2.36. The van der Waals surface area contributed by atoms with E-state index in [9.17, 15) is 5.11 Å². The van der Waals surface area contributed by atoms with Crippen molar-refractivity contribution in [3.8, 4) is 0 Å². The van der Waals surface area contributed by atoms with Crippen LogP contribution in [0.2, 0.25) is 0 Å². The second kappa shape index (κ2) is 7.05. The van der Waals surface area contributed by atoms with Gasteiger partial charge in [-0.1, -0.05) is 26.7 Å². The molecule has 2 aliphatic rings. The number of nitrogens with zero attached hydrogens (tertiary/aromatic N) is 1. The Morgan fingerprint density at radius 1 is 1.16 bits per heavy atom. The molecule has 4 unspecified atom stereocenters. The number of hydrogen-bond acceptors (Lipinski definition) is 3. The second-order valence-electron chi connectivity index (χ2n) is 7.04. The lowest BCUT2D eigenvalue weighted by Gasteiger charge is -2.48. The Morgan fingerprint density at radius 2 is 1.84 bits per heavy atom. The third-order valence-corrected chi connectivity index (χ3v) is 5.14. The average Bonchev–Trinajstić information content (AvgIpc) is 2.39. The Labute approximate surface area is 118 Å². The topological polar surface area (TPSA) is 49.5 Å². The lowest BCUT2D eigenvalue weighted by atomic mass is 9.77. The standard InChI is InChI=1S/C16H32N2O/c1-12(2)10-14(17)16(11-19)18-9-5-7-13-6-3-4-8-15(13)18/h12-16,19H,3-11,17H2,1-2H3. The first-order valence-corrected chi connectivity index (χ1v) is 8.25. The van der Waals surface area contributed by atoms with Gasteiger partial charge in [-0.05, 0) is 50.5 Å².